The smallest absolute Gasteiger partial charge is 0.318 e. The second kappa shape index (κ2) is 6.07. The van der Waals surface area contributed by atoms with Gasteiger partial charge in [-0.25, -0.2) is 4.79 Å². The summed E-state index contributed by atoms with van der Waals surface area (Å²) in [6.45, 7) is 0.599. The maximum Gasteiger partial charge on any atom is 0.318 e. The number of nitrogens with zero attached hydrogens (tertiary/aromatic N) is 1. The summed E-state index contributed by atoms with van der Waals surface area (Å²) >= 11 is 0. The Bertz CT molecular complexity index is 319. The Morgan fingerprint density at radius 3 is 2.71 bits per heavy atom. The first kappa shape index (κ1) is 13.3. The molecule has 0 aromatic rings. The molecule has 1 rings (SSSR count). The van der Waals surface area contributed by atoms with Gasteiger partial charge in [-0.05, 0) is 12.8 Å². The fraction of sp³-hybridized carbons (Fsp3) is 0.700. The lowest BCUT2D eigenvalue weighted by molar-refractivity contribution is -0.136. The van der Waals surface area contributed by atoms with Crippen molar-refractivity contribution in [2.24, 2.45) is 0 Å². The molecule has 0 spiro atoms. The van der Waals surface area contributed by atoms with Crippen LogP contribution in [-0.4, -0.2) is 54.1 Å². The van der Waals surface area contributed by atoms with Gasteiger partial charge in [-0.3, -0.25) is 9.59 Å². The van der Waals surface area contributed by atoms with Gasteiger partial charge in [-0.2, -0.15) is 0 Å². The number of rotatable bonds is 4. The van der Waals surface area contributed by atoms with Gasteiger partial charge >= 0.3 is 12.0 Å². The lowest BCUT2D eigenvalue weighted by atomic mass is 10.2. The van der Waals surface area contributed by atoms with E-state index in [0.717, 1.165) is 6.42 Å². The first-order valence-electron chi connectivity index (χ1n) is 5.54. The van der Waals surface area contributed by atoms with Crippen LogP contribution in [0, 0.1) is 0 Å². The molecular formula is C10H17N3O4. The summed E-state index contributed by atoms with van der Waals surface area (Å²) in [5.74, 6) is -1.15. The van der Waals surface area contributed by atoms with Crippen LogP contribution in [0.2, 0.25) is 0 Å². The molecule has 1 aliphatic heterocycles. The number of urea groups is 1. The standard InChI is InChI=1S/C10H17N3O4/c1-11-9(16)7-3-2-6-13(7)10(17)12-5-4-8(14)15/h7H,2-6H2,1H3,(H,11,16)(H,12,17)(H,14,15). The van der Waals surface area contributed by atoms with Crippen LogP contribution in [0.4, 0.5) is 4.79 Å². The summed E-state index contributed by atoms with van der Waals surface area (Å²) in [7, 11) is 1.53. The van der Waals surface area contributed by atoms with E-state index in [4.69, 9.17) is 5.11 Å². The molecule has 0 aromatic carbocycles. The molecule has 1 fully saturated rings. The molecule has 0 saturated carbocycles. The van der Waals surface area contributed by atoms with E-state index in [1.807, 2.05) is 0 Å². The maximum absolute atomic E-state index is 11.7. The minimum atomic E-state index is -0.963. The van der Waals surface area contributed by atoms with E-state index in [-0.39, 0.29) is 24.9 Å². The number of likely N-dealkylation sites (tertiary alicyclic amines) is 1. The van der Waals surface area contributed by atoms with Crippen molar-refractivity contribution < 1.29 is 19.5 Å². The van der Waals surface area contributed by atoms with Gasteiger partial charge in [-0.15, -0.1) is 0 Å². The normalized spacial score (nSPS) is 18.9. The summed E-state index contributed by atoms with van der Waals surface area (Å²) in [5.41, 5.74) is 0. The summed E-state index contributed by atoms with van der Waals surface area (Å²) < 4.78 is 0. The molecule has 1 atom stereocenters. The van der Waals surface area contributed by atoms with E-state index in [9.17, 15) is 14.4 Å². The van der Waals surface area contributed by atoms with Gasteiger partial charge in [0.1, 0.15) is 6.04 Å². The number of carbonyl (C=O) groups is 3. The van der Waals surface area contributed by atoms with Crippen molar-refractivity contribution in [2.45, 2.75) is 25.3 Å². The highest BCUT2D eigenvalue weighted by Gasteiger charge is 2.33. The number of carboxylic acid groups (broad SMARTS) is 1. The molecule has 1 heterocycles. The molecule has 7 heteroatoms. The Balaban J connectivity index is 2.44. The molecule has 1 saturated heterocycles. The van der Waals surface area contributed by atoms with E-state index in [1.54, 1.807) is 0 Å². The van der Waals surface area contributed by atoms with E-state index in [0.29, 0.717) is 13.0 Å². The molecule has 1 unspecified atom stereocenters. The number of aliphatic carboxylic acids is 1. The number of hydrogen-bond donors (Lipinski definition) is 3. The van der Waals surface area contributed by atoms with Crippen LogP contribution in [0.25, 0.3) is 0 Å². The average molecular weight is 243 g/mol. The zero-order valence-corrected chi connectivity index (χ0v) is 9.73. The second-order valence-corrected chi connectivity index (χ2v) is 3.84. The van der Waals surface area contributed by atoms with Crippen molar-refractivity contribution in [1.82, 2.24) is 15.5 Å². The van der Waals surface area contributed by atoms with Gasteiger partial charge in [0, 0.05) is 20.1 Å². The Morgan fingerprint density at radius 1 is 1.41 bits per heavy atom. The first-order valence-corrected chi connectivity index (χ1v) is 5.54. The fourth-order valence-electron chi connectivity index (χ4n) is 1.83. The van der Waals surface area contributed by atoms with Crippen molar-refractivity contribution in [2.75, 3.05) is 20.1 Å². The predicted molar refractivity (Wildman–Crippen MR) is 59.4 cm³/mol. The molecule has 0 aliphatic carbocycles. The largest absolute Gasteiger partial charge is 0.481 e. The number of amides is 3. The zero-order chi connectivity index (χ0) is 12.8. The Hall–Kier alpha value is -1.79. The first-order chi connectivity index (χ1) is 8.06. The third kappa shape index (κ3) is 3.61. The second-order valence-electron chi connectivity index (χ2n) is 3.84. The van der Waals surface area contributed by atoms with Gasteiger partial charge in [-0.1, -0.05) is 0 Å². The summed E-state index contributed by atoms with van der Waals surface area (Å²) in [4.78, 5) is 34.9. The lowest BCUT2D eigenvalue weighted by Gasteiger charge is -2.23. The van der Waals surface area contributed by atoms with E-state index >= 15 is 0 Å². The lowest BCUT2D eigenvalue weighted by Crippen LogP contribution is -2.49. The molecule has 1 aliphatic rings. The quantitative estimate of drug-likeness (QED) is 0.613. The fourth-order valence-corrected chi connectivity index (χ4v) is 1.83. The number of nitrogens with one attached hydrogen (secondary N) is 2. The topological polar surface area (TPSA) is 98.7 Å². The van der Waals surface area contributed by atoms with Crippen LogP contribution in [0.5, 0.6) is 0 Å². The van der Waals surface area contributed by atoms with E-state index in [2.05, 4.69) is 10.6 Å². The predicted octanol–water partition coefficient (Wildman–Crippen LogP) is -0.619. The molecule has 7 nitrogen and oxygen atoms in total. The number of carboxylic acids is 1. The van der Waals surface area contributed by atoms with Crippen molar-refractivity contribution in [3.8, 4) is 0 Å². The number of likely N-dealkylation sites (N-methyl/N-ethyl adjacent to an activating group) is 1. The third-order valence-electron chi connectivity index (χ3n) is 2.68. The highest BCUT2D eigenvalue weighted by atomic mass is 16.4. The van der Waals surface area contributed by atoms with Crippen LogP contribution in [0.15, 0.2) is 0 Å². The molecule has 0 bridgehead atoms. The van der Waals surface area contributed by atoms with Crippen LogP contribution < -0.4 is 10.6 Å². The van der Waals surface area contributed by atoms with Gasteiger partial charge < -0.3 is 20.6 Å². The van der Waals surface area contributed by atoms with Gasteiger partial charge in [0.25, 0.3) is 0 Å². The molecule has 3 N–H and O–H groups in total. The zero-order valence-electron chi connectivity index (χ0n) is 9.73. The minimum Gasteiger partial charge on any atom is -0.481 e. The van der Waals surface area contributed by atoms with Crippen LogP contribution in [0.3, 0.4) is 0 Å². The van der Waals surface area contributed by atoms with Crippen LogP contribution in [0.1, 0.15) is 19.3 Å². The molecular weight excluding hydrogens is 226 g/mol. The summed E-state index contributed by atoms with van der Waals surface area (Å²) in [5, 5.41) is 13.4. The highest BCUT2D eigenvalue weighted by molar-refractivity contribution is 5.87. The third-order valence-corrected chi connectivity index (χ3v) is 2.68. The summed E-state index contributed by atoms with van der Waals surface area (Å²) in [6.07, 6.45) is 1.31. The van der Waals surface area contributed by atoms with Crippen molar-refractivity contribution >= 4 is 17.9 Å². The Morgan fingerprint density at radius 2 is 2.12 bits per heavy atom. The van der Waals surface area contributed by atoms with Gasteiger partial charge in [0.05, 0.1) is 6.42 Å². The number of hydrogen-bond acceptors (Lipinski definition) is 3. The highest BCUT2D eigenvalue weighted by Crippen LogP contribution is 2.17. The molecule has 17 heavy (non-hydrogen) atoms. The van der Waals surface area contributed by atoms with Crippen molar-refractivity contribution in [1.29, 1.82) is 0 Å². The van der Waals surface area contributed by atoms with E-state index < -0.39 is 12.0 Å². The van der Waals surface area contributed by atoms with Gasteiger partial charge in [0.15, 0.2) is 0 Å². The Kier molecular flexibility index (Phi) is 4.74. The van der Waals surface area contributed by atoms with Crippen LogP contribution in [-0.2, 0) is 9.59 Å². The van der Waals surface area contributed by atoms with E-state index in [1.165, 1.54) is 11.9 Å². The van der Waals surface area contributed by atoms with Crippen molar-refractivity contribution in [3.05, 3.63) is 0 Å². The number of carbonyl (C=O) groups excluding carboxylic acids is 2. The average Bonchev–Trinajstić information content (AvgIpc) is 2.76. The summed E-state index contributed by atoms with van der Waals surface area (Å²) in [6, 6.07) is -0.817. The molecule has 3 amide bonds. The Labute approximate surface area is 99.2 Å². The maximum atomic E-state index is 11.7. The van der Waals surface area contributed by atoms with Crippen LogP contribution >= 0.6 is 0 Å². The minimum absolute atomic E-state index is 0.0745. The van der Waals surface area contributed by atoms with Crippen molar-refractivity contribution in [3.63, 3.8) is 0 Å². The molecule has 0 aromatic heterocycles. The SMILES string of the molecule is CNC(=O)C1CCCN1C(=O)NCCC(=O)O. The monoisotopic (exact) mass is 243 g/mol. The van der Waals surface area contributed by atoms with Gasteiger partial charge in [0.2, 0.25) is 5.91 Å². The molecule has 96 valence electrons. The molecule has 0 radical (unpaired) electrons.